The van der Waals surface area contributed by atoms with Crippen LogP contribution in [0.25, 0.3) is 0 Å². The number of rotatable bonds is 3. The van der Waals surface area contributed by atoms with Crippen molar-refractivity contribution in [3.05, 3.63) is 52.1 Å². The molecule has 0 saturated heterocycles. The van der Waals surface area contributed by atoms with Gasteiger partial charge >= 0.3 is 11.9 Å². The number of benzene rings is 1. The van der Waals surface area contributed by atoms with Gasteiger partial charge in [0.1, 0.15) is 11.2 Å². The van der Waals surface area contributed by atoms with Gasteiger partial charge < -0.3 is 20.1 Å². The van der Waals surface area contributed by atoms with Crippen LogP contribution in [0.2, 0.25) is 0 Å². The van der Waals surface area contributed by atoms with Crippen LogP contribution in [-0.4, -0.2) is 33.4 Å². The summed E-state index contributed by atoms with van der Waals surface area (Å²) in [4.78, 5) is 28.0. The van der Waals surface area contributed by atoms with Gasteiger partial charge in [-0.15, -0.1) is 0 Å². The Kier molecular flexibility index (Phi) is 7.18. The van der Waals surface area contributed by atoms with Crippen molar-refractivity contribution in [1.29, 1.82) is 0 Å². The fraction of sp³-hybridized carbons (Fsp3) is 0.700. The fourth-order valence-corrected chi connectivity index (χ4v) is 12.5. The molecule has 1 unspecified atom stereocenters. The van der Waals surface area contributed by atoms with Gasteiger partial charge in [-0.05, 0) is 133 Å². The molecule has 5 aliphatic carbocycles. The van der Waals surface area contributed by atoms with Crippen LogP contribution in [0.3, 0.4) is 0 Å². The number of allylic oxidation sites excluding steroid dienone is 1. The molecule has 1 aliphatic heterocycles. The van der Waals surface area contributed by atoms with Gasteiger partial charge in [0.2, 0.25) is 0 Å². The van der Waals surface area contributed by atoms with Crippen LogP contribution in [0.5, 0.6) is 5.75 Å². The first-order valence-corrected chi connectivity index (χ1v) is 17.9. The third-order valence-electron chi connectivity index (χ3n) is 14.8. The van der Waals surface area contributed by atoms with Crippen molar-refractivity contribution in [2.24, 2.45) is 34.0 Å². The zero-order chi connectivity index (χ0) is 33.2. The molecule has 7 rings (SSSR count). The minimum Gasteiger partial charge on any atom is -0.481 e. The molecule has 3 fully saturated rings. The summed E-state index contributed by atoms with van der Waals surface area (Å²) < 4.78 is 6.16. The topological polar surface area (TPSA) is 104 Å². The van der Waals surface area contributed by atoms with E-state index in [9.17, 15) is 24.9 Å². The van der Waals surface area contributed by atoms with E-state index in [1.165, 1.54) is 0 Å². The van der Waals surface area contributed by atoms with Gasteiger partial charge in [0.15, 0.2) is 0 Å². The van der Waals surface area contributed by atoms with Gasteiger partial charge in [0, 0.05) is 5.56 Å². The summed E-state index contributed by atoms with van der Waals surface area (Å²) in [6.45, 7) is 17.9. The monoisotopic (exact) mass is 630 g/mol. The molecule has 0 radical (unpaired) electrons. The van der Waals surface area contributed by atoms with Crippen LogP contribution in [0, 0.1) is 34.0 Å². The summed E-state index contributed by atoms with van der Waals surface area (Å²) in [5.74, 6) is -0.670. The van der Waals surface area contributed by atoms with Crippen LogP contribution < -0.4 is 4.74 Å². The smallest absolute Gasteiger partial charge is 0.326 e. The lowest BCUT2D eigenvalue weighted by molar-refractivity contribution is -0.170. The average Bonchev–Trinajstić information content (AvgIpc) is 3.26. The van der Waals surface area contributed by atoms with E-state index in [4.69, 9.17) is 4.74 Å². The zero-order valence-electron chi connectivity index (χ0n) is 28.8. The van der Waals surface area contributed by atoms with Crippen LogP contribution in [0.4, 0.5) is 0 Å². The highest BCUT2D eigenvalue weighted by Gasteiger charge is 2.64. The molecule has 3 N–H and O–H groups in total. The number of ether oxygens (including phenoxy) is 1. The molecule has 6 aliphatic rings. The maximum Gasteiger partial charge on any atom is 0.326 e. The molecule has 0 aromatic heterocycles. The SMILES string of the molecule is C=C1CC[C@@H]2C(C)(C)CCC[C@]2(C(=O)O)[C@H]1CC1=C(C)C(O)CC[C@]12C(=O)Oc1ccc3c(c12)[C@@H](O)C[C@H]1C(C)(C)CCC[C@]31C. The Balaban J connectivity index is 1.42. The second-order valence-corrected chi connectivity index (χ2v) is 17.7. The maximum atomic E-state index is 14.5. The molecule has 46 heavy (non-hydrogen) atoms. The van der Waals surface area contributed by atoms with E-state index in [-0.39, 0.29) is 34.1 Å². The highest BCUT2D eigenvalue weighted by Crippen LogP contribution is 2.66. The van der Waals surface area contributed by atoms with E-state index >= 15 is 0 Å². The lowest BCUT2D eigenvalue weighted by atomic mass is 9.45. The number of esters is 1. The van der Waals surface area contributed by atoms with E-state index in [1.54, 1.807) is 0 Å². The van der Waals surface area contributed by atoms with Crippen LogP contribution in [-0.2, 0) is 20.4 Å². The number of carbonyl (C=O) groups excluding carboxylic acids is 1. The first-order chi connectivity index (χ1) is 21.5. The average molecular weight is 631 g/mol. The number of carbonyl (C=O) groups is 2. The summed E-state index contributed by atoms with van der Waals surface area (Å²) in [6, 6.07) is 4.04. The van der Waals surface area contributed by atoms with Gasteiger partial charge in [-0.2, -0.15) is 0 Å². The van der Waals surface area contributed by atoms with Crippen LogP contribution in [0.1, 0.15) is 141 Å². The van der Waals surface area contributed by atoms with Gasteiger partial charge in [0.25, 0.3) is 0 Å². The number of fused-ring (bicyclic) bond motifs is 7. The predicted molar refractivity (Wildman–Crippen MR) is 177 cm³/mol. The molecular weight excluding hydrogens is 576 g/mol. The Morgan fingerprint density at radius 2 is 1.61 bits per heavy atom. The van der Waals surface area contributed by atoms with Gasteiger partial charge in [0.05, 0.1) is 17.6 Å². The third-order valence-corrected chi connectivity index (χ3v) is 14.8. The highest BCUT2D eigenvalue weighted by molar-refractivity contribution is 5.96. The van der Waals surface area contributed by atoms with E-state index in [1.807, 2.05) is 13.0 Å². The predicted octanol–water partition coefficient (Wildman–Crippen LogP) is 8.09. The molecule has 6 heteroatoms. The zero-order valence-corrected chi connectivity index (χ0v) is 28.8. The molecule has 1 spiro atoms. The molecule has 6 nitrogen and oxygen atoms in total. The van der Waals surface area contributed by atoms with Crippen molar-refractivity contribution >= 4 is 11.9 Å². The Morgan fingerprint density at radius 3 is 2.30 bits per heavy atom. The lowest BCUT2D eigenvalue weighted by Gasteiger charge is -2.57. The van der Waals surface area contributed by atoms with Crippen molar-refractivity contribution in [3.63, 3.8) is 0 Å². The van der Waals surface area contributed by atoms with E-state index < -0.39 is 29.0 Å². The Labute approximate surface area is 274 Å². The molecule has 0 bridgehead atoms. The third kappa shape index (κ3) is 4.07. The largest absolute Gasteiger partial charge is 0.481 e. The van der Waals surface area contributed by atoms with Crippen LogP contribution >= 0.6 is 0 Å². The summed E-state index contributed by atoms with van der Waals surface area (Å²) in [7, 11) is 0. The minimum atomic E-state index is -1.17. The molecule has 1 heterocycles. The first kappa shape index (κ1) is 32.1. The number of carboxylic acids is 1. The lowest BCUT2D eigenvalue weighted by Crippen LogP contribution is -2.56. The number of carboxylic acid groups (broad SMARTS) is 1. The van der Waals surface area contributed by atoms with Gasteiger partial charge in [-0.3, -0.25) is 9.59 Å². The maximum absolute atomic E-state index is 14.5. The van der Waals surface area contributed by atoms with E-state index in [0.29, 0.717) is 43.8 Å². The van der Waals surface area contributed by atoms with Crippen molar-refractivity contribution in [1.82, 2.24) is 0 Å². The van der Waals surface area contributed by atoms with Crippen LogP contribution in [0.15, 0.2) is 35.4 Å². The Morgan fingerprint density at radius 1 is 0.935 bits per heavy atom. The number of hydrogen-bond acceptors (Lipinski definition) is 5. The van der Waals surface area contributed by atoms with Gasteiger partial charge in [-0.1, -0.05) is 65.7 Å². The summed E-state index contributed by atoms with van der Waals surface area (Å²) in [5, 5.41) is 34.5. The second-order valence-electron chi connectivity index (χ2n) is 17.7. The Bertz CT molecular complexity index is 1550. The first-order valence-electron chi connectivity index (χ1n) is 17.9. The standard InChI is InChI=1S/C40H54O6/c1-22-10-13-30-36(3,4)16-9-18-39(30,34(43)44)25(22)20-26-23(2)27(41)14-19-40(26)33-29(46-35(40)45)12-11-24-32(33)28(42)21-31-37(5,6)15-8-17-38(24,31)7/h11-12,25,27-28,30-31,41-42H,1,8-10,13-21H2,2-7H3,(H,43,44)/t25-,27?,28-,30+,31-,38+,39-,40-/m0/s1. The summed E-state index contributed by atoms with van der Waals surface area (Å²) in [5.41, 5.74) is 2.89. The van der Waals surface area contributed by atoms with Crippen molar-refractivity contribution < 1.29 is 29.6 Å². The highest BCUT2D eigenvalue weighted by atomic mass is 16.5. The number of aliphatic hydroxyl groups excluding tert-OH is 2. The van der Waals surface area contributed by atoms with E-state index in [0.717, 1.165) is 78.4 Å². The molecule has 250 valence electrons. The second kappa shape index (κ2) is 10.3. The molecular formula is C40H54O6. The number of aliphatic hydroxyl groups is 2. The number of aliphatic carboxylic acids is 1. The van der Waals surface area contributed by atoms with Crippen molar-refractivity contribution in [3.8, 4) is 5.75 Å². The minimum absolute atomic E-state index is 0.00365. The van der Waals surface area contributed by atoms with Crippen molar-refractivity contribution in [2.75, 3.05) is 0 Å². The number of hydrogen-bond donors (Lipinski definition) is 3. The molecule has 1 aromatic carbocycles. The summed E-state index contributed by atoms with van der Waals surface area (Å²) >= 11 is 0. The molecule has 3 saturated carbocycles. The quantitative estimate of drug-likeness (QED) is 0.177. The molecule has 1 aromatic rings. The Hall–Kier alpha value is -2.44. The fourth-order valence-electron chi connectivity index (χ4n) is 12.5. The molecule has 0 amide bonds. The van der Waals surface area contributed by atoms with Crippen molar-refractivity contribution in [2.45, 2.75) is 142 Å². The normalized spacial score (nSPS) is 40.9. The van der Waals surface area contributed by atoms with E-state index in [2.05, 4.69) is 47.3 Å². The van der Waals surface area contributed by atoms with Gasteiger partial charge in [-0.25, -0.2) is 0 Å². The summed E-state index contributed by atoms with van der Waals surface area (Å²) in [6.07, 6.45) is 7.57. The molecule has 8 atom stereocenters.